The van der Waals surface area contributed by atoms with Crippen LogP contribution in [0.2, 0.25) is 0 Å². The zero-order valence-electron chi connectivity index (χ0n) is 10.4. The summed E-state index contributed by atoms with van der Waals surface area (Å²) in [5.74, 6) is -1.36. The van der Waals surface area contributed by atoms with E-state index in [1.165, 1.54) is 6.92 Å². The van der Waals surface area contributed by atoms with Gasteiger partial charge in [0.05, 0.1) is 5.41 Å². The summed E-state index contributed by atoms with van der Waals surface area (Å²) in [5.41, 5.74) is -6.96. The van der Waals surface area contributed by atoms with Gasteiger partial charge in [0.15, 0.2) is 0 Å². The molecule has 1 N–H and O–H groups in total. The number of hydrogen-bond acceptors (Lipinski definition) is 4. The maximum atomic E-state index is 13.7. The third-order valence-electron chi connectivity index (χ3n) is 3.13. The SMILES string of the molecule is CC1(C(=O)OCC(F)(C(F)(F)F)C(F)(F)S(=O)(=O)O)CC1. The first-order valence-electron chi connectivity index (χ1n) is 5.36. The van der Waals surface area contributed by atoms with Gasteiger partial charge in [-0.25, -0.2) is 4.39 Å². The highest BCUT2D eigenvalue weighted by molar-refractivity contribution is 7.87. The molecule has 21 heavy (non-hydrogen) atoms. The lowest BCUT2D eigenvalue weighted by atomic mass is 10.1. The summed E-state index contributed by atoms with van der Waals surface area (Å²) in [5, 5.41) is -6.23. The van der Waals surface area contributed by atoms with Crippen LogP contribution < -0.4 is 0 Å². The van der Waals surface area contributed by atoms with Gasteiger partial charge in [0.1, 0.15) is 6.61 Å². The van der Waals surface area contributed by atoms with Crippen molar-refractivity contribution in [3.05, 3.63) is 0 Å². The normalized spacial score (nSPS) is 21.5. The van der Waals surface area contributed by atoms with Crippen LogP contribution in [-0.2, 0) is 19.6 Å². The van der Waals surface area contributed by atoms with Crippen LogP contribution >= 0.6 is 0 Å². The molecule has 0 amide bonds. The molecule has 1 aliphatic rings. The summed E-state index contributed by atoms with van der Waals surface area (Å²) in [6.45, 7) is -1.33. The van der Waals surface area contributed by atoms with Gasteiger partial charge in [-0.3, -0.25) is 9.35 Å². The van der Waals surface area contributed by atoms with Crippen LogP contribution in [0.4, 0.5) is 26.3 Å². The number of ether oxygens (including phenoxy) is 1. The van der Waals surface area contributed by atoms with E-state index in [4.69, 9.17) is 4.55 Å². The van der Waals surface area contributed by atoms with Crippen LogP contribution in [0.15, 0.2) is 0 Å². The lowest BCUT2D eigenvalue weighted by molar-refractivity contribution is -0.292. The molecule has 0 bridgehead atoms. The minimum atomic E-state index is -6.73. The van der Waals surface area contributed by atoms with Gasteiger partial charge in [0.25, 0.3) is 0 Å². The van der Waals surface area contributed by atoms with Gasteiger partial charge >= 0.3 is 33.2 Å². The highest BCUT2D eigenvalue weighted by atomic mass is 32.2. The Morgan fingerprint density at radius 1 is 1.19 bits per heavy atom. The van der Waals surface area contributed by atoms with Crippen LogP contribution in [0.3, 0.4) is 0 Å². The summed E-state index contributed by atoms with van der Waals surface area (Å²) >= 11 is 0. The highest BCUT2D eigenvalue weighted by Gasteiger charge is 2.77. The third-order valence-corrected chi connectivity index (χ3v) is 4.10. The van der Waals surface area contributed by atoms with Crippen LogP contribution in [0.1, 0.15) is 19.8 Å². The summed E-state index contributed by atoms with van der Waals surface area (Å²) < 4.78 is 110. The lowest BCUT2D eigenvalue weighted by Gasteiger charge is -2.32. The molecule has 0 saturated heterocycles. The molecule has 1 aliphatic carbocycles. The maximum Gasteiger partial charge on any atom is 0.433 e. The Morgan fingerprint density at radius 2 is 1.62 bits per heavy atom. The van der Waals surface area contributed by atoms with E-state index >= 15 is 0 Å². The number of carbonyl (C=O) groups is 1. The molecule has 1 fully saturated rings. The maximum absolute atomic E-state index is 13.7. The summed E-state index contributed by atoms with van der Waals surface area (Å²) in [6.07, 6.45) is -5.98. The van der Waals surface area contributed by atoms with Crippen molar-refractivity contribution in [2.24, 2.45) is 5.41 Å². The van der Waals surface area contributed by atoms with Crippen molar-refractivity contribution in [3.63, 3.8) is 0 Å². The zero-order valence-corrected chi connectivity index (χ0v) is 11.2. The molecule has 0 aromatic heterocycles. The van der Waals surface area contributed by atoms with E-state index < -0.39 is 45.2 Å². The fraction of sp³-hybridized carbons (Fsp3) is 0.889. The molecule has 124 valence electrons. The molecular weight excluding hydrogens is 334 g/mol. The molecule has 1 atom stereocenters. The minimum absolute atomic E-state index is 0.214. The van der Waals surface area contributed by atoms with Gasteiger partial charge < -0.3 is 4.74 Å². The Bertz CT molecular complexity index is 537. The van der Waals surface area contributed by atoms with Crippen molar-refractivity contribution in [1.29, 1.82) is 0 Å². The van der Waals surface area contributed by atoms with E-state index in [1.807, 2.05) is 0 Å². The first-order valence-corrected chi connectivity index (χ1v) is 6.80. The molecule has 0 radical (unpaired) electrons. The Morgan fingerprint density at radius 3 is 1.90 bits per heavy atom. The molecule has 1 unspecified atom stereocenters. The van der Waals surface area contributed by atoms with E-state index in [0.717, 1.165) is 0 Å². The second kappa shape index (κ2) is 4.73. The van der Waals surface area contributed by atoms with E-state index in [2.05, 4.69) is 4.74 Å². The average Bonchev–Trinajstić information content (AvgIpc) is 3.01. The fourth-order valence-corrected chi connectivity index (χ4v) is 1.85. The van der Waals surface area contributed by atoms with Crippen molar-refractivity contribution < 1.29 is 48.8 Å². The zero-order chi connectivity index (χ0) is 16.9. The first-order chi connectivity index (χ1) is 9.08. The van der Waals surface area contributed by atoms with Crippen molar-refractivity contribution in [2.45, 2.75) is 36.9 Å². The fourth-order valence-electron chi connectivity index (χ4n) is 1.27. The van der Waals surface area contributed by atoms with Crippen molar-refractivity contribution in [2.75, 3.05) is 6.61 Å². The van der Waals surface area contributed by atoms with Crippen LogP contribution in [0, 0.1) is 5.41 Å². The number of alkyl halides is 6. The molecule has 0 aliphatic heterocycles. The first kappa shape index (κ1) is 18.0. The number of halogens is 6. The number of esters is 1. The topological polar surface area (TPSA) is 80.7 Å². The van der Waals surface area contributed by atoms with Crippen LogP contribution in [0.25, 0.3) is 0 Å². The van der Waals surface area contributed by atoms with Crippen molar-refractivity contribution in [3.8, 4) is 0 Å². The van der Waals surface area contributed by atoms with Crippen molar-refractivity contribution >= 4 is 16.1 Å². The molecule has 12 heteroatoms. The standard InChI is InChI=1S/C9H10F6O5S/c1-6(2-3-6)5(16)20-4-7(10,8(11,12)13)9(14,15)21(17,18)19/h2-4H2,1H3,(H,17,18,19). The second-order valence-electron chi connectivity index (χ2n) is 4.93. The Balaban J connectivity index is 3.09. The molecule has 5 nitrogen and oxygen atoms in total. The Kier molecular flexibility index (Phi) is 4.06. The van der Waals surface area contributed by atoms with Gasteiger partial charge in [-0.05, 0) is 19.8 Å². The number of hydrogen-bond donors (Lipinski definition) is 1. The molecule has 1 saturated carbocycles. The van der Waals surface area contributed by atoms with Crippen LogP contribution in [0.5, 0.6) is 0 Å². The van der Waals surface area contributed by atoms with E-state index in [0.29, 0.717) is 0 Å². The summed E-state index contributed by atoms with van der Waals surface area (Å²) in [7, 11) is -6.73. The number of carbonyl (C=O) groups excluding carboxylic acids is 1. The lowest BCUT2D eigenvalue weighted by Crippen LogP contribution is -2.61. The monoisotopic (exact) mass is 344 g/mol. The molecule has 1 rings (SSSR count). The Hall–Kier alpha value is -1.04. The highest BCUT2D eigenvalue weighted by Crippen LogP contribution is 2.50. The number of rotatable bonds is 5. The van der Waals surface area contributed by atoms with Crippen LogP contribution in [-0.4, -0.2) is 42.6 Å². The smallest absolute Gasteiger partial charge is 0.433 e. The summed E-state index contributed by atoms with van der Waals surface area (Å²) in [4.78, 5) is 11.3. The van der Waals surface area contributed by atoms with E-state index in [-0.39, 0.29) is 12.8 Å². The van der Waals surface area contributed by atoms with Gasteiger partial charge in [-0.1, -0.05) is 0 Å². The minimum Gasteiger partial charge on any atom is -0.461 e. The largest absolute Gasteiger partial charge is 0.461 e. The summed E-state index contributed by atoms with van der Waals surface area (Å²) in [6, 6.07) is 0. The average molecular weight is 344 g/mol. The molecule has 0 heterocycles. The Labute approximate surface area is 115 Å². The van der Waals surface area contributed by atoms with Gasteiger partial charge in [-0.2, -0.15) is 30.4 Å². The third kappa shape index (κ3) is 2.96. The molecule has 0 spiro atoms. The van der Waals surface area contributed by atoms with Crippen molar-refractivity contribution in [1.82, 2.24) is 0 Å². The molecule has 0 aromatic carbocycles. The van der Waals surface area contributed by atoms with E-state index in [1.54, 1.807) is 0 Å². The molecular formula is C9H10F6O5S. The van der Waals surface area contributed by atoms with Gasteiger partial charge in [-0.15, -0.1) is 0 Å². The van der Waals surface area contributed by atoms with E-state index in [9.17, 15) is 39.6 Å². The predicted octanol–water partition coefficient (Wildman–Crippen LogP) is 2.08. The second-order valence-corrected chi connectivity index (χ2v) is 6.39. The predicted molar refractivity (Wildman–Crippen MR) is 54.7 cm³/mol. The molecule has 0 aromatic rings. The van der Waals surface area contributed by atoms with Gasteiger partial charge in [0, 0.05) is 0 Å². The van der Waals surface area contributed by atoms with Gasteiger partial charge in [0.2, 0.25) is 0 Å². The quantitative estimate of drug-likeness (QED) is 0.469.